The van der Waals surface area contributed by atoms with Crippen molar-refractivity contribution in [3.05, 3.63) is 5.21 Å². The van der Waals surface area contributed by atoms with Crippen molar-refractivity contribution in [2.45, 2.75) is 57.0 Å². The van der Waals surface area contributed by atoms with Gasteiger partial charge in [-0.1, -0.05) is 0 Å². The van der Waals surface area contributed by atoms with Crippen LogP contribution in [0.5, 0.6) is 0 Å². The van der Waals surface area contributed by atoms with Crippen LogP contribution >= 0.6 is 0 Å². The van der Waals surface area contributed by atoms with Gasteiger partial charge in [0.15, 0.2) is 0 Å². The van der Waals surface area contributed by atoms with Crippen LogP contribution in [0.3, 0.4) is 0 Å². The first kappa shape index (κ1) is 12.2. The maximum Gasteiger partial charge on any atom is 0.222 e. The fourth-order valence-electron chi connectivity index (χ4n) is 5.40. The normalized spacial score (nSPS) is 49.5. The lowest BCUT2D eigenvalue weighted by Crippen LogP contribution is -2.69. The molecular formula is C15H24N2O2. The molecule has 4 nitrogen and oxygen atoms in total. The van der Waals surface area contributed by atoms with Crippen LogP contribution in [0.2, 0.25) is 0 Å². The maximum absolute atomic E-state index is 13.1. The summed E-state index contributed by atoms with van der Waals surface area (Å²) in [5.41, 5.74) is 0. The zero-order valence-corrected chi connectivity index (χ0v) is 11.6. The minimum Gasteiger partial charge on any atom is -0.633 e. The molecule has 4 fully saturated rings. The Balaban J connectivity index is 1.64. The van der Waals surface area contributed by atoms with Crippen molar-refractivity contribution in [3.8, 4) is 0 Å². The molecule has 0 radical (unpaired) electrons. The fraction of sp³-hybridized carbons (Fsp3) is 0.933. The van der Waals surface area contributed by atoms with Crippen molar-refractivity contribution in [2.75, 3.05) is 19.6 Å². The lowest BCUT2D eigenvalue weighted by molar-refractivity contribution is -0.925. The number of hydroxylamine groups is 3. The van der Waals surface area contributed by atoms with Crippen LogP contribution < -0.4 is 0 Å². The molecule has 0 aromatic heterocycles. The van der Waals surface area contributed by atoms with Gasteiger partial charge in [0.05, 0.1) is 19.1 Å². The quantitative estimate of drug-likeness (QED) is 0.495. The second-order valence-corrected chi connectivity index (χ2v) is 7.18. The van der Waals surface area contributed by atoms with Crippen LogP contribution in [0.25, 0.3) is 0 Å². The molecule has 19 heavy (non-hydrogen) atoms. The van der Waals surface area contributed by atoms with E-state index >= 15 is 0 Å². The van der Waals surface area contributed by atoms with Crippen molar-refractivity contribution in [1.29, 1.82) is 0 Å². The highest BCUT2D eigenvalue weighted by Gasteiger charge is 2.52. The van der Waals surface area contributed by atoms with Gasteiger partial charge in [0, 0.05) is 37.3 Å². The first-order valence-corrected chi connectivity index (χ1v) is 8.05. The molecule has 0 aromatic rings. The number of quaternary nitrogens is 1. The van der Waals surface area contributed by atoms with Crippen molar-refractivity contribution in [3.63, 3.8) is 0 Å². The molecule has 4 heterocycles. The molecule has 0 N–H and O–H groups in total. The molecular weight excluding hydrogens is 240 g/mol. The molecule has 1 amide bonds. The summed E-state index contributed by atoms with van der Waals surface area (Å²) in [6, 6.07) is 0.685. The second kappa shape index (κ2) is 4.19. The van der Waals surface area contributed by atoms with E-state index in [1.807, 2.05) is 0 Å². The first-order valence-electron chi connectivity index (χ1n) is 8.05. The SMILES string of the molecule is O=C1CCC[C@@H]2C3CC(CN12)C1CCCC[N+]1([O-])C3. The zero-order valence-electron chi connectivity index (χ0n) is 11.6. The number of nitrogens with zero attached hydrogens (tertiary/aromatic N) is 2. The summed E-state index contributed by atoms with van der Waals surface area (Å²) in [5.74, 6) is 1.32. The molecule has 0 aromatic carbocycles. The van der Waals surface area contributed by atoms with Gasteiger partial charge in [-0.3, -0.25) is 4.79 Å². The third-order valence-corrected chi connectivity index (χ3v) is 6.17. The highest BCUT2D eigenvalue weighted by Crippen LogP contribution is 2.46. The molecule has 4 saturated heterocycles. The minimum atomic E-state index is 0.0772. The van der Waals surface area contributed by atoms with E-state index in [-0.39, 0.29) is 4.65 Å². The predicted molar refractivity (Wildman–Crippen MR) is 71.9 cm³/mol. The average Bonchev–Trinajstić information content (AvgIpc) is 2.39. The van der Waals surface area contributed by atoms with E-state index < -0.39 is 0 Å². The van der Waals surface area contributed by atoms with Crippen molar-refractivity contribution in [2.24, 2.45) is 11.8 Å². The van der Waals surface area contributed by atoms with E-state index in [0.717, 1.165) is 51.7 Å². The molecule has 0 saturated carbocycles. The standard InChI is InChI=1S/C15H24N2O2/c18-15-6-3-4-13-12-8-11(9-16(13)15)14-5-1-2-7-17(14,19)10-12/h11-14H,1-10H2/t11?,12?,13-,14?,17?/m1/s1. The van der Waals surface area contributed by atoms with Crippen molar-refractivity contribution >= 4 is 5.91 Å². The number of piperidine rings is 4. The Morgan fingerprint density at radius 3 is 2.95 bits per heavy atom. The smallest absolute Gasteiger partial charge is 0.222 e. The Morgan fingerprint density at radius 2 is 2.05 bits per heavy atom. The van der Waals surface area contributed by atoms with Crippen molar-refractivity contribution in [1.82, 2.24) is 4.90 Å². The van der Waals surface area contributed by atoms with Gasteiger partial charge in [-0.25, -0.2) is 0 Å². The number of hydrogen-bond acceptors (Lipinski definition) is 2. The Bertz CT molecular complexity index is 400. The van der Waals surface area contributed by atoms with E-state index in [4.69, 9.17) is 0 Å². The summed E-state index contributed by atoms with van der Waals surface area (Å²) in [6.45, 7) is 2.50. The molecule has 4 aliphatic heterocycles. The molecule has 106 valence electrons. The lowest BCUT2D eigenvalue weighted by Gasteiger charge is -2.63. The summed E-state index contributed by atoms with van der Waals surface area (Å²) >= 11 is 0. The number of carbonyl (C=O) groups excluding carboxylic acids is 1. The third-order valence-electron chi connectivity index (χ3n) is 6.17. The topological polar surface area (TPSA) is 43.4 Å². The summed E-state index contributed by atoms with van der Waals surface area (Å²) in [5, 5.41) is 13.1. The number of amides is 1. The van der Waals surface area contributed by atoms with Crippen LogP contribution in [0.4, 0.5) is 0 Å². The third kappa shape index (κ3) is 1.76. The molecule has 4 heteroatoms. The monoisotopic (exact) mass is 264 g/mol. The average molecular weight is 264 g/mol. The van der Waals surface area contributed by atoms with E-state index in [1.54, 1.807) is 0 Å². The summed E-state index contributed by atoms with van der Waals surface area (Å²) < 4.78 is 0.0772. The maximum atomic E-state index is 13.1. The highest BCUT2D eigenvalue weighted by atomic mass is 16.5. The Hall–Kier alpha value is -0.610. The summed E-state index contributed by atoms with van der Waals surface area (Å²) in [6.07, 6.45) is 7.52. The second-order valence-electron chi connectivity index (χ2n) is 7.18. The van der Waals surface area contributed by atoms with E-state index in [1.165, 1.54) is 12.8 Å². The minimum absolute atomic E-state index is 0.0772. The van der Waals surface area contributed by atoms with Crippen molar-refractivity contribution < 1.29 is 9.44 Å². The van der Waals surface area contributed by atoms with Gasteiger partial charge in [0.1, 0.15) is 0 Å². The number of hydrogen-bond donors (Lipinski definition) is 0. The molecule has 5 atom stereocenters. The number of carbonyl (C=O) groups is 1. The van der Waals surface area contributed by atoms with Gasteiger partial charge in [0.2, 0.25) is 5.91 Å². The number of fused-ring (bicyclic) bond motifs is 6. The van der Waals surface area contributed by atoms with Gasteiger partial charge >= 0.3 is 0 Å². The molecule has 4 rings (SSSR count). The van der Waals surface area contributed by atoms with Gasteiger partial charge in [0.25, 0.3) is 0 Å². The Morgan fingerprint density at radius 1 is 1.16 bits per heavy atom. The van der Waals surface area contributed by atoms with Gasteiger partial charge in [-0.2, -0.15) is 0 Å². The molecule has 0 spiro atoms. The van der Waals surface area contributed by atoms with Crippen LogP contribution in [-0.4, -0.2) is 47.2 Å². The summed E-state index contributed by atoms with van der Waals surface area (Å²) in [4.78, 5) is 14.3. The van der Waals surface area contributed by atoms with E-state index in [9.17, 15) is 10.0 Å². The molecule has 4 aliphatic rings. The van der Waals surface area contributed by atoms with E-state index in [2.05, 4.69) is 4.90 Å². The Kier molecular flexibility index (Phi) is 2.68. The van der Waals surface area contributed by atoms with Gasteiger partial charge in [-0.05, 0) is 32.1 Å². The van der Waals surface area contributed by atoms with E-state index in [0.29, 0.717) is 29.8 Å². The first-order chi connectivity index (χ1) is 9.17. The van der Waals surface area contributed by atoms with Gasteiger partial charge < -0.3 is 14.8 Å². The molecule has 2 bridgehead atoms. The lowest BCUT2D eigenvalue weighted by atomic mass is 9.70. The molecule has 4 unspecified atom stereocenters. The molecule has 0 aliphatic carbocycles. The highest BCUT2D eigenvalue weighted by molar-refractivity contribution is 5.77. The summed E-state index contributed by atoms with van der Waals surface area (Å²) in [7, 11) is 0. The van der Waals surface area contributed by atoms with Crippen LogP contribution in [0, 0.1) is 17.0 Å². The largest absolute Gasteiger partial charge is 0.633 e. The zero-order chi connectivity index (χ0) is 13.0. The number of rotatable bonds is 0. The van der Waals surface area contributed by atoms with Crippen LogP contribution in [-0.2, 0) is 4.79 Å². The van der Waals surface area contributed by atoms with Crippen LogP contribution in [0.1, 0.15) is 44.9 Å². The predicted octanol–water partition coefficient (Wildman–Crippen LogP) is 1.88. The van der Waals surface area contributed by atoms with Gasteiger partial charge in [-0.15, -0.1) is 0 Å². The Labute approximate surface area is 114 Å². The fourth-order valence-corrected chi connectivity index (χ4v) is 5.40. The van der Waals surface area contributed by atoms with Crippen LogP contribution in [0.15, 0.2) is 0 Å².